The number of carbonyl (C=O) groups is 2. The van der Waals surface area contributed by atoms with Crippen molar-refractivity contribution in [2.45, 2.75) is 76.7 Å². The van der Waals surface area contributed by atoms with E-state index < -0.39 is 5.97 Å². The fraction of sp³-hybridized carbons (Fsp3) is 0.438. The Bertz CT molecular complexity index is 1070. The van der Waals surface area contributed by atoms with E-state index in [9.17, 15) is 9.59 Å². The zero-order valence-corrected chi connectivity index (χ0v) is 22.4. The molecule has 0 bridgehead atoms. The predicted molar refractivity (Wildman–Crippen MR) is 154 cm³/mol. The van der Waals surface area contributed by atoms with Gasteiger partial charge in [0.2, 0.25) is 0 Å². The molecule has 6 heteroatoms. The summed E-state index contributed by atoms with van der Waals surface area (Å²) < 4.78 is 11.0. The second-order valence-electron chi connectivity index (χ2n) is 10.2. The average Bonchev–Trinajstić information content (AvgIpc) is 2.92. The van der Waals surface area contributed by atoms with Gasteiger partial charge < -0.3 is 20.9 Å². The van der Waals surface area contributed by atoms with Crippen molar-refractivity contribution in [3.63, 3.8) is 0 Å². The van der Waals surface area contributed by atoms with Crippen molar-refractivity contribution in [3.8, 4) is 0 Å². The molecule has 6 nitrogen and oxygen atoms in total. The molecule has 0 aromatic heterocycles. The molecule has 1 aliphatic rings. The van der Waals surface area contributed by atoms with Gasteiger partial charge in [-0.3, -0.25) is 0 Å². The van der Waals surface area contributed by atoms with Crippen molar-refractivity contribution in [2.75, 3.05) is 18.1 Å². The molecule has 1 saturated carbocycles. The van der Waals surface area contributed by atoms with E-state index in [4.69, 9.17) is 20.9 Å². The third kappa shape index (κ3) is 10.1. The van der Waals surface area contributed by atoms with Crippen LogP contribution < -0.4 is 11.5 Å². The Morgan fingerprint density at radius 3 is 2.42 bits per heavy atom. The molecule has 204 valence electrons. The lowest BCUT2D eigenvalue weighted by molar-refractivity contribution is -0.137. The Morgan fingerprint density at radius 2 is 1.68 bits per heavy atom. The molecule has 0 amide bonds. The van der Waals surface area contributed by atoms with Crippen LogP contribution in [0.25, 0.3) is 6.08 Å². The van der Waals surface area contributed by atoms with E-state index in [2.05, 4.69) is 6.58 Å². The molecule has 0 heterocycles. The maximum Gasteiger partial charge on any atom is 0.338 e. The molecule has 3 rings (SSSR count). The van der Waals surface area contributed by atoms with Crippen LogP contribution in [-0.4, -0.2) is 24.6 Å². The van der Waals surface area contributed by atoms with Crippen molar-refractivity contribution >= 4 is 29.4 Å². The Kier molecular flexibility index (Phi) is 12.0. The highest BCUT2D eigenvalue weighted by atomic mass is 16.5. The molecule has 0 spiro atoms. The van der Waals surface area contributed by atoms with E-state index >= 15 is 0 Å². The van der Waals surface area contributed by atoms with Gasteiger partial charge in [0.05, 0.1) is 12.2 Å². The third-order valence-corrected chi connectivity index (χ3v) is 7.18. The quantitative estimate of drug-likeness (QED) is 0.0927. The first-order valence-electron chi connectivity index (χ1n) is 13.8. The summed E-state index contributed by atoms with van der Waals surface area (Å²) in [6.07, 6.45) is 17.2. The van der Waals surface area contributed by atoms with E-state index in [-0.39, 0.29) is 18.7 Å². The van der Waals surface area contributed by atoms with Gasteiger partial charge in [-0.05, 0) is 92.0 Å². The first-order valence-corrected chi connectivity index (χ1v) is 13.8. The fourth-order valence-corrected chi connectivity index (χ4v) is 4.88. The first-order chi connectivity index (χ1) is 18.4. The lowest BCUT2D eigenvalue weighted by Gasteiger charge is -2.28. The molecule has 4 N–H and O–H groups in total. The maximum atomic E-state index is 12.6. The minimum Gasteiger partial charge on any atom is -0.462 e. The van der Waals surface area contributed by atoms with E-state index in [1.165, 1.54) is 38.2 Å². The summed E-state index contributed by atoms with van der Waals surface area (Å²) in [4.78, 5) is 24.7. The lowest BCUT2D eigenvalue weighted by Crippen LogP contribution is -2.24. The second kappa shape index (κ2) is 15.7. The molecule has 1 fully saturated rings. The molecule has 1 aliphatic carbocycles. The summed E-state index contributed by atoms with van der Waals surface area (Å²) in [5.74, 6) is 0.0306. The highest BCUT2D eigenvalue weighted by Gasteiger charge is 2.24. The number of ether oxygens (including phenoxy) is 2. The fourth-order valence-electron chi connectivity index (χ4n) is 4.88. The number of rotatable bonds is 14. The number of unbranched alkanes of at least 4 members (excludes halogenated alkanes) is 4. The van der Waals surface area contributed by atoms with Crippen molar-refractivity contribution in [1.29, 1.82) is 0 Å². The van der Waals surface area contributed by atoms with Crippen LogP contribution >= 0.6 is 0 Å². The Labute approximate surface area is 227 Å². The van der Waals surface area contributed by atoms with Crippen LogP contribution in [-0.2, 0) is 20.7 Å². The van der Waals surface area contributed by atoms with Gasteiger partial charge in [-0.1, -0.05) is 43.9 Å². The van der Waals surface area contributed by atoms with Crippen LogP contribution in [0.15, 0.2) is 61.2 Å². The summed E-state index contributed by atoms with van der Waals surface area (Å²) in [7, 11) is 0. The van der Waals surface area contributed by atoms with E-state index in [0.29, 0.717) is 23.4 Å². The van der Waals surface area contributed by atoms with Gasteiger partial charge in [0, 0.05) is 23.9 Å². The molecule has 0 unspecified atom stereocenters. The Balaban J connectivity index is 1.34. The number of carbonyl (C=O) groups excluding carboxylic acids is 2. The molecular formula is C32H42N2O4. The molecule has 2 aromatic rings. The number of anilines is 2. The van der Waals surface area contributed by atoms with Gasteiger partial charge in [0.25, 0.3) is 0 Å². The van der Waals surface area contributed by atoms with E-state index in [1.54, 1.807) is 48.5 Å². The SMILES string of the molecule is C=CCCCCCCC1CCC(OC(=O)c2ccc(/C=C/C(=O)OCCc3cc(N)ccc3N)cc2)CC1. The summed E-state index contributed by atoms with van der Waals surface area (Å²) in [6.45, 7) is 3.98. The van der Waals surface area contributed by atoms with E-state index in [0.717, 1.165) is 49.1 Å². The Morgan fingerprint density at radius 1 is 0.947 bits per heavy atom. The minimum absolute atomic E-state index is 0.00311. The number of nitrogens with two attached hydrogens (primary N) is 2. The monoisotopic (exact) mass is 518 g/mol. The molecule has 0 aliphatic heterocycles. The second-order valence-corrected chi connectivity index (χ2v) is 10.2. The number of hydrogen-bond acceptors (Lipinski definition) is 6. The van der Waals surface area contributed by atoms with Crippen LogP contribution in [0.4, 0.5) is 11.4 Å². The number of hydrogen-bond donors (Lipinski definition) is 2. The van der Waals surface area contributed by atoms with Gasteiger partial charge >= 0.3 is 11.9 Å². The largest absolute Gasteiger partial charge is 0.462 e. The van der Waals surface area contributed by atoms with Gasteiger partial charge in [-0.15, -0.1) is 6.58 Å². The van der Waals surface area contributed by atoms with Gasteiger partial charge in [-0.2, -0.15) is 0 Å². The number of allylic oxidation sites excluding steroid dienone is 1. The maximum absolute atomic E-state index is 12.6. The van der Waals surface area contributed by atoms with E-state index in [1.807, 2.05) is 6.08 Å². The Hall–Kier alpha value is -3.54. The van der Waals surface area contributed by atoms with Crippen molar-refractivity contribution in [2.24, 2.45) is 5.92 Å². The molecule has 2 aromatic carbocycles. The lowest BCUT2D eigenvalue weighted by atomic mass is 9.84. The zero-order chi connectivity index (χ0) is 27.2. The van der Waals surface area contributed by atoms with Crippen LogP contribution in [0.2, 0.25) is 0 Å². The van der Waals surface area contributed by atoms with Crippen LogP contribution in [0.3, 0.4) is 0 Å². The number of nitrogen functional groups attached to an aromatic ring is 2. The van der Waals surface area contributed by atoms with Gasteiger partial charge in [-0.25, -0.2) is 9.59 Å². The molecule has 0 atom stereocenters. The molecule has 38 heavy (non-hydrogen) atoms. The van der Waals surface area contributed by atoms with Gasteiger partial charge in [0.15, 0.2) is 0 Å². The molecule has 0 radical (unpaired) electrons. The summed E-state index contributed by atoms with van der Waals surface area (Å²) in [6, 6.07) is 12.3. The van der Waals surface area contributed by atoms with Crippen molar-refractivity contribution < 1.29 is 19.1 Å². The average molecular weight is 519 g/mol. The normalized spacial score (nSPS) is 17.3. The van der Waals surface area contributed by atoms with Crippen LogP contribution in [0.1, 0.15) is 85.7 Å². The van der Waals surface area contributed by atoms with Crippen molar-refractivity contribution in [3.05, 3.63) is 77.9 Å². The predicted octanol–water partition coefficient (Wildman–Crippen LogP) is 6.89. The van der Waals surface area contributed by atoms with Gasteiger partial charge in [0.1, 0.15) is 6.10 Å². The smallest absolute Gasteiger partial charge is 0.338 e. The topological polar surface area (TPSA) is 105 Å². The molecule has 0 saturated heterocycles. The number of esters is 2. The summed E-state index contributed by atoms with van der Waals surface area (Å²) in [5, 5.41) is 0. The zero-order valence-electron chi connectivity index (χ0n) is 22.4. The highest BCUT2D eigenvalue weighted by molar-refractivity contribution is 5.90. The molecular weight excluding hydrogens is 476 g/mol. The minimum atomic E-state index is -0.445. The third-order valence-electron chi connectivity index (χ3n) is 7.18. The standard InChI is InChI=1S/C32H42N2O4/c1-2-3-4-5-6-7-8-24-11-17-29(18-12-24)38-32(36)26-14-9-25(10-15-26)13-20-31(35)37-22-21-27-23-28(33)16-19-30(27)34/h2,9-10,13-16,19-20,23-24,29H,1,3-8,11-12,17-18,21-22,33-34H2/b20-13+. The van der Waals surface area contributed by atoms with Crippen LogP contribution in [0, 0.1) is 5.92 Å². The highest BCUT2D eigenvalue weighted by Crippen LogP contribution is 2.30. The summed E-state index contributed by atoms with van der Waals surface area (Å²) >= 11 is 0. The summed E-state index contributed by atoms with van der Waals surface area (Å²) in [5.41, 5.74) is 15.1. The number of benzene rings is 2. The van der Waals surface area contributed by atoms with Crippen LogP contribution in [0.5, 0.6) is 0 Å². The first kappa shape index (κ1) is 29.0. The van der Waals surface area contributed by atoms with Crippen molar-refractivity contribution in [1.82, 2.24) is 0 Å².